The Morgan fingerprint density at radius 3 is 2.73 bits per heavy atom. The van der Waals surface area contributed by atoms with E-state index < -0.39 is 0 Å². The highest BCUT2D eigenvalue weighted by molar-refractivity contribution is 9.10. The van der Waals surface area contributed by atoms with E-state index >= 15 is 0 Å². The summed E-state index contributed by atoms with van der Waals surface area (Å²) in [6.45, 7) is 6.68. The fourth-order valence-corrected chi connectivity index (χ4v) is 3.80. The number of rotatable bonds is 1. The van der Waals surface area contributed by atoms with Crippen LogP contribution < -0.4 is 4.90 Å². The van der Waals surface area contributed by atoms with Gasteiger partial charge >= 0.3 is 0 Å². The van der Waals surface area contributed by atoms with Gasteiger partial charge in [-0.1, -0.05) is 15.9 Å². The first-order valence-electron chi connectivity index (χ1n) is 7.52. The number of aromatic nitrogens is 1. The van der Waals surface area contributed by atoms with Crippen LogP contribution in [0.2, 0.25) is 0 Å². The van der Waals surface area contributed by atoms with Gasteiger partial charge in [-0.15, -0.1) is 0 Å². The average molecular weight is 359 g/mol. The number of pyridine rings is 1. The summed E-state index contributed by atoms with van der Waals surface area (Å²) in [5, 5.41) is 0. The van der Waals surface area contributed by atoms with Crippen LogP contribution >= 0.6 is 15.9 Å². The molecule has 0 saturated carbocycles. The molecule has 2 heterocycles. The standard InChI is InChI=1S/C18H19BrN2O/c1-11-9-15(19)10-14-5-4-8-21(17(11)14)18(22)16-7-6-12(2)20-13(16)3/h6-7,9-10H,4-5,8H2,1-3H3. The molecule has 0 atom stereocenters. The van der Waals surface area contributed by atoms with Crippen molar-refractivity contribution < 1.29 is 4.79 Å². The lowest BCUT2D eigenvalue weighted by Crippen LogP contribution is -2.36. The molecule has 1 aromatic heterocycles. The highest BCUT2D eigenvalue weighted by Gasteiger charge is 2.26. The molecule has 0 aliphatic carbocycles. The van der Waals surface area contributed by atoms with Crippen molar-refractivity contribution in [1.29, 1.82) is 0 Å². The fourth-order valence-electron chi connectivity index (χ4n) is 3.18. The highest BCUT2D eigenvalue weighted by atomic mass is 79.9. The number of carbonyl (C=O) groups is 1. The maximum atomic E-state index is 13.0. The zero-order valence-electron chi connectivity index (χ0n) is 13.1. The molecule has 1 aliphatic heterocycles. The molecule has 0 fully saturated rings. The van der Waals surface area contributed by atoms with Crippen molar-refractivity contribution in [3.05, 3.63) is 56.8 Å². The van der Waals surface area contributed by atoms with Crippen molar-refractivity contribution in [3.8, 4) is 0 Å². The predicted molar refractivity (Wildman–Crippen MR) is 92.6 cm³/mol. The molecule has 0 radical (unpaired) electrons. The van der Waals surface area contributed by atoms with Crippen LogP contribution in [0.5, 0.6) is 0 Å². The van der Waals surface area contributed by atoms with Crippen LogP contribution in [0.1, 0.15) is 39.3 Å². The van der Waals surface area contributed by atoms with E-state index in [4.69, 9.17) is 0 Å². The van der Waals surface area contributed by atoms with Crippen LogP contribution in [0.4, 0.5) is 5.69 Å². The molecule has 1 amide bonds. The molecule has 114 valence electrons. The van der Waals surface area contributed by atoms with Crippen molar-refractivity contribution in [3.63, 3.8) is 0 Å². The molecule has 1 aromatic carbocycles. The van der Waals surface area contributed by atoms with E-state index in [1.165, 1.54) is 5.56 Å². The number of hydrogen-bond donors (Lipinski definition) is 0. The Morgan fingerprint density at radius 1 is 1.23 bits per heavy atom. The summed E-state index contributed by atoms with van der Waals surface area (Å²) in [6.07, 6.45) is 2.01. The third-order valence-electron chi connectivity index (χ3n) is 4.14. The summed E-state index contributed by atoms with van der Waals surface area (Å²) in [5.74, 6) is 0.0522. The minimum absolute atomic E-state index is 0.0522. The van der Waals surface area contributed by atoms with E-state index in [2.05, 4.69) is 40.0 Å². The van der Waals surface area contributed by atoms with Crippen molar-refractivity contribution in [2.24, 2.45) is 0 Å². The van der Waals surface area contributed by atoms with E-state index in [1.54, 1.807) is 0 Å². The number of anilines is 1. The van der Waals surface area contributed by atoms with Gasteiger partial charge < -0.3 is 4.90 Å². The quantitative estimate of drug-likeness (QED) is 0.758. The summed E-state index contributed by atoms with van der Waals surface area (Å²) in [4.78, 5) is 19.3. The van der Waals surface area contributed by atoms with Gasteiger partial charge in [-0.3, -0.25) is 9.78 Å². The van der Waals surface area contributed by atoms with Crippen LogP contribution in [0.25, 0.3) is 0 Å². The summed E-state index contributed by atoms with van der Waals surface area (Å²) in [7, 11) is 0. The molecular weight excluding hydrogens is 340 g/mol. The molecule has 4 heteroatoms. The second-order valence-corrected chi connectivity index (χ2v) is 6.79. The molecule has 0 N–H and O–H groups in total. The van der Waals surface area contributed by atoms with Crippen LogP contribution in [-0.2, 0) is 6.42 Å². The fraction of sp³-hybridized carbons (Fsp3) is 0.333. The molecule has 1 aliphatic rings. The Balaban J connectivity index is 2.06. The van der Waals surface area contributed by atoms with E-state index in [1.807, 2.05) is 30.9 Å². The van der Waals surface area contributed by atoms with E-state index in [9.17, 15) is 4.79 Å². The van der Waals surface area contributed by atoms with Gasteiger partial charge in [0.2, 0.25) is 0 Å². The largest absolute Gasteiger partial charge is 0.308 e. The highest BCUT2D eigenvalue weighted by Crippen LogP contribution is 2.34. The van der Waals surface area contributed by atoms with Crippen LogP contribution in [0.3, 0.4) is 0 Å². The van der Waals surface area contributed by atoms with Crippen LogP contribution in [0, 0.1) is 20.8 Å². The summed E-state index contributed by atoms with van der Waals surface area (Å²) in [6, 6.07) is 7.99. The third-order valence-corrected chi connectivity index (χ3v) is 4.60. The topological polar surface area (TPSA) is 33.2 Å². The Morgan fingerprint density at radius 2 is 2.00 bits per heavy atom. The third kappa shape index (κ3) is 2.68. The van der Waals surface area contributed by atoms with Gasteiger partial charge in [0.25, 0.3) is 5.91 Å². The second kappa shape index (κ2) is 5.84. The van der Waals surface area contributed by atoms with E-state index in [0.29, 0.717) is 5.56 Å². The summed E-state index contributed by atoms with van der Waals surface area (Å²) >= 11 is 3.55. The Labute approximate surface area is 139 Å². The molecule has 2 aromatic rings. The van der Waals surface area contributed by atoms with E-state index in [0.717, 1.165) is 46.5 Å². The normalized spacial score (nSPS) is 13.9. The maximum absolute atomic E-state index is 13.0. The Kier molecular flexibility index (Phi) is 4.04. The number of hydrogen-bond acceptors (Lipinski definition) is 2. The van der Waals surface area contributed by atoms with Gasteiger partial charge in [0.15, 0.2) is 0 Å². The first kappa shape index (κ1) is 15.2. The lowest BCUT2D eigenvalue weighted by atomic mass is 9.97. The van der Waals surface area contributed by atoms with Crippen molar-refractivity contribution in [2.45, 2.75) is 33.6 Å². The maximum Gasteiger partial charge on any atom is 0.260 e. The van der Waals surface area contributed by atoms with Gasteiger partial charge in [-0.25, -0.2) is 0 Å². The van der Waals surface area contributed by atoms with Crippen LogP contribution in [0.15, 0.2) is 28.7 Å². The lowest BCUT2D eigenvalue weighted by Gasteiger charge is -2.31. The second-order valence-electron chi connectivity index (χ2n) is 5.88. The monoisotopic (exact) mass is 358 g/mol. The lowest BCUT2D eigenvalue weighted by molar-refractivity contribution is 0.0984. The molecular formula is C18H19BrN2O. The van der Waals surface area contributed by atoms with Crippen LogP contribution in [-0.4, -0.2) is 17.4 Å². The van der Waals surface area contributed by atoms with Gasteiger partial charge in [-0.05, 0) is 69.0 Å². The van der Waals surface area contributed by atoms with Crippen molar-refractivity contribution in [1.82, 2.24) is 4.98 Å². The van der Waals surface area contributed by atoms with Gasteiger partial charge in [0.1, 0.15) is 0 Å². The molecule has 0 saturated heterocycles. The van der Waals surface area contributed by atoms with Crippen molar-refractivity contribution in [2.75, 3.05) is 11.4 Å². The zero-order chi connectivity index (χ0) is 15.9. The number of benzene rings is 1. The Hall–Kier alpha value is -1.68. The molecule has 3 nitrogen and oxygen atoms in total. The number of nitrogens with zero attached hydrogens (tertiary/aromatic N) is 2. The predicted octanol–water partition coefficient (Wildman–Crippen LogP) is 4.36. The zero-order valence-corrected chi connectivity index (χ0v) is 14.7. The number of halogens is 1. The average Bonchev–Trinajstić information content (AvgIpc) is 2.45. The minimum Gasteiger partial charge on any atom is -0.308 e. The molecule has 0 bridgehead atoms. The first-order chi connectivity index (χ1) is 10.5. The summed E-state index contributed by atoms with van der Waals surface area (Å²) in [5.41, 5.74) is 5.87. The van der Waals surface area contributed by atoms with Crippen molar-refractivity contribution >= 4 is 27.5 Å². The number of amides is 1. The van der Waals surface area contributed by atoms with Gasteiger partial charge in [0, 0.05) is 16.7 Å². The van der Waals surface area contributed by atoms with E-state index in [-0.39, 0.29) is 5.91 Å². The number of fused-ring (bicyclic) bond motifs is 1. The molecule has 22 heavy (non-hydrogen) atoms. The first-order valence-corrected chi connectivity index (χ1v) is 8.32. The Bertz CT molecular complexity index is 755. The van der Waals surface area contributed by atoms with Gasteiger partial charge in [-0.2, -0.15) is 0 Å². The number of carbonyl (C=O) groups excluding carboxylic acids is 1. The SMILES string of the molecule is Cc1ccc(C(=O)N2CCCc3cc(Br)cc(C)c32)c(C)n1. The molecule has 3 rings (SSSR count). The minimum atomic E-state index is 0.0522. The summed E-state index contributed by atoms with van der Waals surface area (Å²) < 4.78 is 1.08. The molecule has 0 unspecified atom stereocenters. The molecule has 0 spiro atoms. The van der Waals surface area contributed by atoms with Gasteiger partial charge in [0.05, 0.1) is 16.9 Å². The smallest absolute Gasteiger partial charge is 0.260 e. The number of aryl methyl sites for hydroxylation is 4.